The van der Waals surface area contributed by atoms with E-state index in [1.54, 1.807) is 0 Å². The van der Waals surface area contributed by atoms with Crippen molar-refractivity contribution < 1.29 is 4.74 Å². The lowest BCUT2D eigenvalue weighted by Crippen LogP contribution is -1.87. The Kier molecular flexibility index (Phi) is 3.93. The molecule has 0 fully saturated rings. The van der Waals surface area contributed by atoms with Crippen LogP contribution in [0.15, 0.2) is 0 Å². The summed E-state index contributed by atoms with van der Waals surface area (Å²) in [6.45, 7) is 3.13. The third-order valence-electron chi connectivity index (χ3n) is 0.447. The number of aliphatic hydroxyl groups is 2. The first kappa shape index (κ1) is 4.96. The molecule has 0 bridgehead atoms. The van der Waals surface area contributed by atoms with Crippen LogP contribution in [0, 0.1) is 0 Å². The lowest BCUT2D eigenvalue weighted by Gasteiger charge is -1.81. The summed E-state index contributed by atoms with van der Waals surface area (Å²) in [5, 5.41) is 0. The second-order valence-electron chi connectivity index (χ2n) is 1.04. The fraction of sp³-hybridized carbons (Fsp3) is 1.00. The first-order chi connectivity index (χ1) is 2.41. The molecule has 0 saturated carbocycles. The third-order valence-corrected chi connectivity index (χ3v) is 0.447. The van der Waals surface area contributed by atoms with Gasteiger partial charge in [0.15, 0.2) is 0 Å². The highest BCUT2D eigenvalue weighted by molar-refractivity contribution is 4.13. The summed E-state index contributed by atoms with van der Waals surface area (Å²) in [6.07, 6.45) is 1.18. The predicted molar refractivity (Wildman–Crippen MR) is 23.3 cm³/mol. The van der Waals surface area contributed by atoms with Gasteiger partial charge in [-0.05, 0) is 0 Å². The molecule has 0 spiro atoms. The number of rotatable bonds is 2. The highest BCUT2D eigenvalue weighted by Gasteiger charge is 1.70. The van der Waals surface area contributed by atoms with Crippen molar-refractivity contribution in [1.82, 2.24) is 0 Å². The monoisotopic (exact) mass is 75.1 g/mol. The van der Waals surface area contributed by atoms with Gasteiger partial charge < -0.3 is 4.74 Å². The van der Waals surface area contributed by atoms with Crippen LogP contribution in [0.25, 0.3) is 0 Å². The molecule has 1 N–H and O–H groups in total. The van der Waals surface area contributed by atoms with Gasteiger partial charge in [0.05, 0.1) is 0 Å². The molecule has 0 radical (unpaired) electrons. The molecule has 0 aromatic carbocycles. The molecule has 0 amide bonds. The topological polar surface area (TPSA) is 12.8 Å². The molecule has 0 aliphatic carbocycles. The van der Waals surface area contributed by atoms with Gasteiger partial charge in [0, 0.05) is 6.42 Å². The van der Waals surface area contributed by atoms with E-state index in [0.717, 1.165) is 6.61 Å². The number of ether oxygens (including phenoxy) is 1. The normalized spacial score (nSPS) is 8.40. The smallest absolute Gasteiger partial charge is 0.144 e. The number of hydrogen-bond acceptors (Lipinski definition) is 0. The molecule has 0 aromatic rings. The maximum atomic E-state index is 3.85. The van der Waals surface area contributed by atoms with Crippen molar-refractivity contribution in [3.63, 3.8) is 0 Å². The van der Waals surface area contributed by atoms with Gasteiger partial charge in [-0.2, -0.15) is 0 Å². The zero-order valence-corrected chi connectivity index (χ0v) is 3.86. The summed E-state index contributed by atoms with van der Waals surface area (Å²) in [7, 11) is 1.84. The van der Waals surface area contributed by atoms with Crippen molar-refractivity contribution >= 4 is 0 Å². The molecular formula is C4H11O+. The second-order valence-corrected chi connectivity index (χ2v) is 1.04. The van der Waals surface area contributed by atoms with Crippen molar-refractivity contribution in [2.75, 3.05) is 13.7 Å². The van der Waals surface area contributed by atoms with Crippen molar-refractivity contribution in [2.24, 2.45) is 0 Å². The molecule has 0 saturated heterocycles. The summed E-state index contributed by atoms with van der Waals surface area (Å²) >= 11 is 0. The van der Waals surface area contributed by atoms with Crippen molar-refractivity contribution in [1.29, 1.82) is 0 Å². The Hall–Kier alpha value is -0.0400. The molecule has 0 unspecified atom stereocenters. The SMILES string of the molecule is CCC[OH+]C. The van der Waals surface area contributed by atoms with E-state index in [4.69, 9.17) is 0 Å². The van der Waals surface area contributed by atoms with Gasteiger partial charge in [0.1, 0.15) is 13.7 Å². The van der Waals surface area contributed by atoms with Crippen LogP contribution in [0.5, 0.6) is 0 Å². The van der Waals surface area contributed by atoms with E-state index in [1.165, 1.54) is 6.42 Å². The zero-order chi connectivity index (χ0) is 4.12. The van der Waals surface area contributed by atoms with Gasteiger partial charge in [0.2, 0.25) is 0 Å². The van der Waals surface area contributed by atoms with Gasteiger partial charge in [-0.1, -0.05) is 6.92 Å². The molecule has 5 heavy (non-hydrogen) atoms. The molecule has 0 aromatic heterocycles. The quantitative estimate of drug-likeness (QED) is 0.425. The summed E-state index contributed by atoms with van der Waals surface area (Å²) in [5.74, 6) is 0. The third kappa shape index (κ3) is 3.96. The van der Waals surface area contributed by atoms with E-state index >= 15 is 0 Å². The Bertz CT molecular complexity index is 11.1. The lowest BCUT2D eigenvalue weighted by molar-refractivity contribution is 0.0160. The molecular weight excluding hydrogens is 64.0 g/mol. The first-order valence-corrected chi connectivity index (χ1v) is 1.97. The summed E-state index contributed by atoms with van der Waals surface area (Å²) in [5.41, 5.74) is 0. The minimum Gasteiger partial charge on any atom is -0.436 e. The Morgan fingerprint density at radius 3 is 2.20 bits per heavy atom. The maximum absolute atomic E-state index is 3.85. The van der Waals surface area contributed by atoms with Gasteiger partial charge in [-0.15, -0.1) is 0 Å². The average Bonchev–Trinajstić information content (AvgIpc) is 1.41. The second kappa shape index (κ2) is 3.96. The van der Waals surface area contributed by atoms with Crippen LogP contribution < -0.4 is 0 Å². The average molecular weight is 75.1 g/mol. The van der Waals surface area contributed by atoms with E-state index < -0.39 is 0 Å². The summed E-state index contributed by atoms with van der Waals surface area (Å²) in [4.78, 5) is 0. The van der Waals surface area contributed by atoms with Crippen LogP contribution in [0.2, 0.25) is 0 Å². The molecule has 32 valence electrons. The van der Waals surface area contributed by atoms with E-state index in [1.807, 2.05) is 7.11 Å². The molecule has 1 nitrogen and oxygen atoms in total. The van der Waals surface area contributed by atoms with Gasteiger partial charge in [-0.3, -0.25) is 0 Å². The van der Waals surface area contributed by atoms with Crippen LogP contribution in [0.1, 0.15) is 13.3 Å². The highest BCUT2D eigenvalue weighted by Crippen LogP contribution is 1.67. The van der Waals surface area contributed by atoms with Crippen molar-refractivity contribution in [2.45, 2.75) is 13.3 Å². The molecule has 0 atom stereocenters. The van der Waals surface area contributed by atoms with Crippen molar-refractivity contribution in [3.05, 3.63) is 0 Å². The maximum Gasteiger partial charge on any atom is 0.144 e. The fourth-order valence-corrected chi connectivity index (χ4v) is 0.224. The van der Waals surface area contributed by atoms with Gasteiger partial charge in [0.25, 0.3) is 0 Å². The van der Waals surface area contributed by atoms with Crippen LogP contribution in [0.4, 0.5) is 0 Å². The summed E-state index contributed by atoms with van der Waals surface area (Å²) < 4.78 is 3.85. The number of hydrogen-bond donors (Lipinski definition) is 0. The Labute approximate surface area is 32.9 Å². The minimum absolute atomic E-state index is 1.01. The Morgan fingerprint density at radius 1 is 1.60 bits per heavy atom. The highest BCUT2D eigenvalue weighted by atomic mass is 16.5. The van der Waals surface area contributed by atoms with Crippen LogP contribution in [0.3, 0.4) is 0 Å². The minimum atomic E-state index is 1.01. The Morgan fingerprint density at radius 2 is 2.20 bits per heavy atom. The van der Waals surface area contributed by atoms with E-state index in [-0.39, 0.29) is 0 Å². The van der Waals surface area contributed by atoms with Crippen molar-refractivity contribution in [3.8, 4) is 0 Å². The van der Waals surface area contributed by atoms with Crippen LogP contribution >= 0.6 is 0 Å². The molecule has 0 rings (SSSR count). The van der Waals surface area contributed by atoms with E-state index in [0.29, 0.717) is 0 Å². The Balaban J connectivity index is 2.19. The fourth-order valence-electron chi connectivity index (χ4n) is 0.224. The standard InChI is InChI=1S/C4H10O/c1-3-4-5-2/h3-4H2,1-2H3/p+1. The zero-order valence-electron chi connectivity index (χ0n) is 3.86. The van der Waals surface area contributed by atoms with Gasteiger partial charge in [-0.25, -0.2) is 0 Å². The lowest BCUT2D eigenvalue weighted by atomic mass is 10.5. The van der Waals surface area contributed by atoms with Gasteiger partial charge >= 0.3 is 0 Å². The molecule has 0 aliphatic rings. The predicted octanol–water partition coefficient (Wildman–Crippen LogP) is 0.554. The molecule has 0 heterocycles. The van der Waals surface area contributed by atoms with Crippen LogP contribution in [-0.4, -0.2) is 18.5 Å². The van der Waals surface area contributed by atoms with Crippen LogP contribution in [-0.2, 0) is 0 Å². The largest absolute Gasteiger partial charge is 0.436 e. The molecule has 0 aliphatic heterocycles. The van der Waals surface area contributed by atoms with E-state index in [2.05, 4.69) is 11.7 Å². The molecule has 1 heteroatoms. The summed E-state index contributed by atoms with van der Waals surface area (Å²) in [6, 6.07) is 0. The van der Waals surface area contributed by atoms with E-state index in [9.17, 15) is 0 Å². The first-order valence-electron chi connectivity index (χ1n) is 1.97.